The number of hydrogen-bond acceptors (Lipinski definition) is 6. The highest BCUT2D eigenvalue weighted by molar-refractivity contribution is 7.98. The van der Waals surface area contributed by atoms with Gasteiger partial charge < -0.3 is 15.6 Å². The molecule has 0 saturated heterocycles. The van der Waals surface area contributed by atoms with E-state index in [1.807, 2.05) is 27.7 Å². The Kier molecular flexibility index (Phi) is 7.09. The molecule has 0 aliphatic heterocycles. The molecule has 0 radical (unpaired) electrons. The molecule has 2 aromatic heterocycles. The Labute approximate surface area is 195 Å². The van der Waals surface area contributed by atoms with Gasteiger partial charge in [0.25, 0.3) is 11.5 Å². The van der Waals surface area contributed by atoms with E-state index in [1.54, 1.807) is 18.7 Å². The molecule has 0 aliphatic rings. The summed E-state index contributed by atoms with van der Waals surface area (Å²) in [5, 5.41) is 5.85. The third-order valence-corrected chi connectivity index (χ3v) is 7.04. The molecule has 0 saturated carbocycles. The van der Waals surface area contributed by atoms with Crippen LogP contribution in [0.15, 0.2) is 27.9 Å². The van der Waals surface area contributed by atoms with Gasteiger partial charge in [0.05, 0.1) is 22.6 Å². The van der Waals surface area contributed by atoms with E-state index in [4.69, 9.17) is 0 Å². The highest BCUT2D eigenvalue weighted by atomic mass is 32.2. The maximum atomic E-state index is 12.7. The number of nitrogens with zero attached hydrogens (tertiary/aromatic N) is 1. The van der Waals surface area contributed by atoms with Crippen LogP contribution in [-0.4, -0.2) is 33.9 Å². The van der Waals surface area contributed by atoms with Gasteiger partial charge in [0, 0.05) is 10.4 Å². The van der Waals surface area contributed by atoms with Crippen LogP contribution in [0.25, 0.3) is 10.2 Å². The number of fused-ring (bicyclic) bond motifs is 1. The highest BCUT2D eigenvalue weighted by Gasteiger charge is 2.21. The fourth-order valence-corrected chi connectivity index (χ4v) is 5.30. The lowest BCUT2D eigenvalue weighted by molar-refractivity contribution is -0.121. The molecule has 9 heteroatoms. The first kappa shape index (κ1) is 24.0. The third kappa shape index (κ3) is 5.77. The average Bonchev–Trinajstić information content (AvgIpc) is 3.02. The van der Waals surface area contributed by atoms with Gasteiger partial charge in [0.1, 0.15) is 10.7 Å². The second-order valence-corrected chi connectivity index (χ2v) is 10.8. The molecule has 32 heavy (non-hydrogen) atoms. The van der Waals surface area contributed by atoms with Crippen LogP contribution in [0.5, 0.6) is 0 Å². The molecule has 0 bridgehead atoms. The van der Waals surface area contributed by atoms with Crippen molar-refractivity contribution in [1.82, 2.24) is 20.6 Å². The maximum Gasteiger partial charge on any atom is 0.262 e. The predicted molar refractivity (Wildman–Crippen MR) is 131 cm³/mol. The topological polar surface area (TPSA) is 104 Å². The number of amides is 2. The second-order valence-electron chi connectivity index (χ2n) is 8.79. The van der Waals surface area contributed by atoms with E-state index in [1.165, 1.54) is 22.5 Å². The molecule has 2 heterocycles. The molecule has 0 aliphatic carbocycles. The van der Waals surface area contributed by atoms with E-state index in [0.29, 0.717) is 32.2 Å². The van der Waals surface area contributed by atoms with Crippen LogP contribution in [0.4, 0.5) is 0 Å². The van der Waals surface area contributed by atoms with Crippen LogP contribution in [0, 0.1) is 20.8 Å². The van der Waals surface area contributed by atoms with Crippen LogP contribution in [0.3, 0.4) is 0 Å². The first-order valence-electron chi connectivity index (χ1n) is 10.3. The summed E-state index contributed by atoms with van der Waals surface area (Å²) in [5.74, 6) is 0.416. The lowest BCUT2D eigenvalue weighted by atomic mass is 10.1. The van der Waals surface area contributed by atoms with Gasteiger partial charge in [-0.25, -0.2) is 4.98 Å². The predicted octanol–water partition coefficient (Wildman–Crippen LogP) is 3.85. The van der Waals surface area contributed by atoms with E-state index in [0.717, 1.165) is 4.90 Å². The molecule has 3 rings (SSSR count). The van der Waals surface area contributed by atoms with E-state index < -0.39 is 0 Å². The minimum absolute atomic E-state index is 0.134. The molecule has 0 spiro atoms. The molecular formula is C23H28N4O3S2. The zero-order valence-electron chi connectivity index (χ0n) is 19.1. The molecule has 3 aromatic rings. The first-order valence-corrected chi connectivity index (χ1v) is 12.1. The number of aryl methyl sites for hydroxylation is 3. The largest absolute Gasteiger partial charge is 0.350 e. The van der Waals surface area contributed by atoms with Crippen molar-refractivity contribution < 1.29 is 9.59 Å². The third-order valence-electron chi connectivity index (χ3n) is 4.69. The Bertz CT molecular complexity index is 1240. The summed E-state index contributed by atoms with van der Waals surface area (Å²) in [7, 11) is 0. The Morgan fingerprint density at radius 1 is 1.19 bits per heavy atom. The number of carbonyl (C=O) groups is 2. The average molecular weight is 473 g/mol. The minimum Gasteiger partial charge on any atom is -0.350 e. The van der Waals surface area contributed by atoms with Crippen molar-refractivity contribution >= 4 is 45.1 Å². The lowest BCUT2D eigenvalue weighted by Gasteiger charge is -2.20. The van der Waals surface area contributed by atoms with Crippen molar-refractivity contribution in [2.75, 3.05) is 6.54 Å². The number of aromatic nitrogens is 2. The quantitative estimate of drug-likeness (QED) is 0.473. The lowest BCUT2D eigenvalue weighted by Crippen LogP contribution is -2.45. The summed E-state index contributed by atoms with van der Waals surface area (Å²) < 4.78 is 0. The number of hydrogen-bond donors (Lipinski definition) is 3. The van der Waals surface area contributed by atoms with Gasteiger partial charge in [-0.05, 0) is 58.7 Å². The number of thiophene rings is 1. The molecule has 2 amide bonds. The second kappa shape index (κ2) is 9.46. The summed E-state index contributed by atoms with van der Waals surface area (Å²) in [5.41, 5.74) is 2.28. The Hall–Kier alpha value is -2.65. The van der Waals surface area contributed by atoms with E-state index in [-0.39, 0.29) is 29.5 Å². The molecule has 3 N–H and O–H groups in total. The van der Waals surface area contributed by atoms with Gasteiger partial charge in [-0.15, -0.1) is 23.1 Å². The molecule has 170 valence electrons. The van der Waals surface area contributed by atoms with Gasteiger partial charge in [-0.3, -0.25) is 14.4 Å². The van der Waals surface area contributed by atoms with Crippen molar-refractivity contribution in [3.63, 3.8) is 0 Å². The standard InChI is InChI=1S/C23H28N4O3S2/c1-12-7-8-13(2)15(9-12)31-11-16-25-20(29)18-14(3)19(32-22(18)26-16)21(30)24-10-17(28)27-23(4,5)6/h7-9H,10-11H2,1-6H3,(H,24,30)(H,27,28)(H,25,26,29). The van der Waals surface area contributed by atoms with Crippen LogP contribution >= 0.6 is 23.1 Å². The summed E-state index contributed by atoms with van der Waals surface area (Å²) in [6.07, 6.45) is 0. The van der Waals surface area contributed by atoms with E-state index in [2.05, 4.69) is 45.7 Å². The summed E-state index contributed by atoms with van der Waals surface area (Å²) >= 11 is 2.78. The summed E-state index contributed by atoms with van der Waals surface area (Å²) in [6, 6.07) is 6.26. The number of carbonyl (C=O) groups excluding carboxylic acids is 2. The zero-order valence-corrected chi connectivity index (χ0v) is 20.8. The normalized spacial score (nSPS) is 11.6. The van der Waals surface area contributed by atoms with Crippen molar-refractivity contribution in [2.24, 2.45) is 0 Å². The maximum absolute atomic E-state index is 12.7. The van der Waals surface area contributed by atoms with Crippen molar-refractivity contribution in [3.05, 3.63) is 55.9 Å². The minimum atomic E-state index is -0.389. The van der Waals surface area contributed by atoms with Crippen molar-refractivity contribution in [1.29, 1.82) is 0 Å². The number of thioether (sulfide) groups is 1. The fourth-order valence-electron chi connectivity index (χ4n) is 3.19. The van der Waals surface area contributed by atoms with Crippen molar-refractivity contribution in [2.45, 2.75) is 57.7 Å². The number of aromatic amines is 1. The van der Waals surface area contributed by atoms with Gasteiger partial charge in [0.2, 0.25) is 5.91 Å². The molecular weight excluding hydrogens is 444 g/mol. The monoisotopic (exact) mass is 472 g/mol. The van der Waals surface area contributed by atoms with Gasteiger partial charge in [0.15, 0.2) is 0 Å². The van der Waals surface area contributed by atoms with Crippen LogP contribution in [0.2, 0.25) is 0 Å². The van der Waals surface area contributed by atoms with Gasteiger partial charge >= 0.3 is 0 Å². The molecule has 0 fully saturated rings. The summed E-state index contributed by atoms with van der Waals surface area (Å²) in [4.78, 5) is 46.9. The molecule has 7 nitrogen and oxygen atoms in total. The number of benzene rings is 1. The van der Waals surface area contributed by atoms with Crippen LogP contribution < -0.4 is 16.2 Å². The molecule has 1 aromatic carbocycles. The fraction of sp³-hybridized carbons (Fsp3) is 0.391. The van der Waals surface area contributed by atoms with Crippen molar-refractivity contribution in [3.8, 4) is 0 Å². The SMILES string of the molecule is Cc1ccc(C)c(SCc2nc3sc(C(=O)NCC(=O)NC(C)(C)C)c(C)c3c(=O)[nH]2)c1. The number of rotatable bonds is 6. The number of H-pyrrole nitrogens is 1. The smallest absolute Gasteiger partial charge is 0.262 e. The van der Waals surface area contributed by atoms with E-state index >= 15 is 0 Å². The van der Waals surface area contributed by atoms with Crippen LogP contribution in [-0.2, 0) is 10.5 Å². The Balaban J connectivity index is 1.78. The Morgan fingerprint density at radius 2 is 1.91 bits per heavy atom. The first-order chi connectivity index (χ1) is 14.9. The number of nitrogens with one attached hydrogen (secondary N) is 3. The van der Waals surface area contributed by atoms with Gasteiger partial charge in [-0.1, -0.05) is 17.7 Å². The zero-order chi connectivity index (χ0) is 23.6. The highest BCUT2D eigenvalue weighted by Crippen LogP contribution is 2.29. The molecule has 0 atom stereocenters. The van der Waals surface area contributed by atoms with Crippen LogP contribution in [0.1, 0.15) is 53.0 Å². The Morgan fingerprint density at radius 3 is 2.59 bits per heavy atom. The summed E-state index contributed by atoms with van der Waals surface area (Å²) in [6.45, 7) is 11.3. The van der Waals surface area contributed by atoms with Gasteiger partial charge in [-0.2, -0.15) is 0 Å². The molecule has 0 unspecified atom stereocenters. The van der Waals surface area contributed by atoms with E-state index in [9.17, 15) is 14.4 Å².